The van der Waals surface area contributed by atoms with Gasteiger partial charge < -0.3 is 4.98 Å². The molecule has 2 rings (SSSR count). The van der Waals surface area contributed by atoms with Crippen LogP contribution in [0.3, 0.4) is 0 Å². The Morgan fingerprint density at radius 2 is 1.75 bits per heavy atom. The molecular weight excluding hydrogens is 237 g/mol. The quantitative estimate of drug-likeness (QED) is 0.603. The standard InChI is InChI=1S/C10H7F3N2S/c1-5-4-14-10(16)15(5)6-2-7(11)9(13)8(12)3-6/h2-4H,1H3,(H,14,16). The first-order valence-electron chi connectivity index (χ1n) is 4.42. The van der Waals surface area contributed by atoms with E-state index in [1.165, 1.54) is 4.57 Å². The third-order valence-electron chi connectivity index (χ3n) is 2.19. The molecular formula is C10H7F3N2S. The van der Waals surface area contributed by atoms with E-state index in [0.717, 1.165) is 12.1 Å². The van der Waals surface area contributed by atoms with Crippen LogP contribution in [0.15, 0.2) is 18.3 Å². The zero-order valence-corrected chi connectivity index (χ0v) is 9.04. The van der Waals surface area contributed by atoms with Gasteiger partial charge in [0, 0.05) is 24.0 Å². The molecule has 84 valence electrons. The van der Waals surface area contributed by atoms with Gasteiger partial charge in [0.05, 0.1) is 5.69 Å². The van der Waals surface area contributed by atoms with Crippen molar-refractivity contribution < 1.29 is 13.2 Å². The van der Waals surface area contributed by atoms with Gasteiger partial charge in [-0.15, -0.1) is 0 Å². The fourth-order valence-electron chi connectivity index (χ4n) is 1.45. The summed E-state index contributed by atoms with van der Waals surface area (Å²) in [6, 6.07) is 1.80. The summed E-state index contributed by atoms with van der Waals surface area (Å²) in [7, 11) is 0. The summed E-state index contributed by atoms with van der Waals surface area (Å²) in [6.07, 6.45) is 1.60. The molecule has 0 unspecified atom stereocenters. The molecule has 0 bridgehead atoms. The number of halogens is 3. The molecule has 2 nitrogen and oxygen atoms in total. The molecule has 0 atom stereocenters. The fraction of sp³-hybridized carbons (Fsp3) is 0.100. The van der Waals surface area contributed by atoms with Crippen molar-refractivity contribution in [2.75, 3.05) is 0 Å². The van der Waals surface area contributed by atoms with Crippen molar-refractivity contribution in [1.29, 1.82) is 0 Å². The number of aromatic nitrogens is 2. The van der Waals surface area contributed by atoms with Crippen molar-refractivity contribution in [1.82, 2.24) is 9.55 Å². The Labute approximate surface area is 94.3 Å². The van der Waals surface area contributed by atoms with Gasteiger partial charge in [-0.25, -0.2) is 13.2 Å². The molecule has 1 aromatic heterocycles. The van der Waals surface area contributed by atoms with Crippen molar-refractivity contribution in [2.45, 2.75) is 6.92 Å². The Bertz CT molecular complexity index is 577. The highest BCUT2D eigenvalue weighted by atomic mass is 32.1. The molecule has 0 fully saturated rings. The third kappa shape index (κ3) is 1.65. The van der Waals surface area contributed by atoms with Crippen LogP contribution in [-0.4, -0.2) is 9.55 Å². The minimum absolute atomic E-state index is 0.153. The van der Waals surface area contributed by atoms with E-state index in [-0.39, 0.29) is 5.69 Å². The van der Waals surface area contributed by atoms with Crippen LogP contribution in [0.2, 0.25) is 0 Å². The van der Waals surface area contributed by atoms with Crippen molar-refractivity contribution in [3.8, 4) is 5.69 Å². The number of H-pyrrole nitrogens is 1. The first-order valence-corrected chi connectivity index (χ1v) is 4.83. The van der Waals surface area contributed by atoms with Gasteiger partial charge in [0.1, 0.15) is 0 Å². The first-order chi connectivity index (χ1) is 7.50. The van der Waals surface area contributed by atoms with Gasteiger partial charge in [-0.1, -0.05) is 0 Å². The molecule has 0 aliphatic carbocycles. The molecule has 0 saturated heterocycles. The Balaban J connectivity index is 2.71. The lowest BCUT2D eigenvalue weighted by Gasteiger charge is -2.06. The average molecular weight is 244 g/mol. The van der Waals surface area contributed by atoms with Crippen LogP contribution in [0.25, 0.3) is 5.69 Å². The number of benzene rings is 1. The number of hydrogen-bond donors (Lipinski definition) is 1. The van der Waals surface area contributed by atoms with Gasteiger partial charge in [-0.05, 0) is 19.1 Å². The SMILES string of the molecule is Cc1c[nH]c(=S)n1-c1cc(F)c(F)c(F)c1. The maximum atomic E-state index is 13.0. The number of nitrogens with one attached hydrogen (secondary N) is 1. The molecule has 0 radical (unpaired) electrons. The highest BCUT2D eigenvalue weighted by Gasteiger charge is 2.12. The van der Waals surface area contributed by atoms with E-state index in [2.05, 4.69) is 4.98 Å². The van der Waals surface area contributed by atoms with Crippen LogP contribution in [0.1, 0.15) is 5.69 Å². The maximum Gasteiger partial charge on any atom is 0.194 e. The maximum absolute atomic E-state index is 13.0. The Morgan fingerprint density at radius 3 is 2.19 bits per heavy atom. The lowest BCUT2D eigenvalue weighted by Crippen LogP contribution is -2.00. The van der Waals surface area contributed by atoms with E-state index in [4.69, 9.17) is 12.2 Å². The summed E-state index contributed by atoms with van der Waals surface area (Å²) in [5.74, 6) is -3.96. The minimum atomic E-state index is -1.48. The highest BCUT2D eigenvalue weighted by Crippen LogP contribution is 2.18. The normalized spacial score (nSPS) is 10.8. The number of aromatic amines is 1. The summed E-state index contributed by atoms with van der Waals surface area (Å²) in [5, 5.41) is 0. The molecule has 6 heteroatoms. The molecule has 16 heavy (non-hydrogen) atoms. The summed E-state index contributed by atoms with van der Waals surface area (Å²) in [5.41, 5.74) is 0.829. The van der Waals surface area contributed by atoms with E-state index in [1.54, 1.807) is 13.1 Å². The molecule has 1 aromatic carbocycles. The van der Waals surface area contributed by atoms with Crippen molar-refractivity contribution in [3.05, 3.63) is 46.2 Å². The fourth-order valence-corrected chi connectivity index (χ4v) is 1.76. The van der Waals surface area contributed by atoms with Gasteiger partial charge in [0.15, 0.2) is 22.2 Å². The van der Waals surface area contributed by atoms with Gasteiger partial charge in [-0.2, -0.15) is 0 Å². The van der Waals surface area contributed by atoms with E-state index >= 15 is 0 Å². The highest BCUT2D eigenvalue weighted by molar-refractivity contribution is 7.71. The Hall–Kier alpha value is -1.56. The van der Waals surface area contributed by atoms with Gasteiger partial charge >= 0.3 is 0 Å². The largest absolute Gasteiger partial charge is 0.337 e. The predicted molar refractivity (Wildman–Crippen MR) is 55.6 cm³/mol. The van der Waals surface area contributed by atoms with Crippen molar-refractivity contribution in [3.63, 3.8) is 0 Å². The van der Waals surface area contributed by atoms with E-state index in [1.807, 2.05) is 0 Å². The predicted octanol–water partition coefficient (Wildman–Crippen LogP) is 3.26. The molecule has 1 N–H and O–H groups in total. The smallest absolute Gasteiger partial charge is 0.194 e. The van der Waals surface area contributed by atoms with Gasteiger partial charge in [0.2, 0.25) is 0 Å². The van der Waals surface area contributed by atoms with E-state index in [0.29, 0.717) is 10.5 Å². The summed E-state index contributed by atoms with van der Waals surface area (Å²) in [4.78, 5) is 2.73. The topological polar surface area (TPSA) is 20.7 Å². The zero-order valence-electron chi connectivity index (χ0n) is 8.22. The molecule has 0 aliphatic heterocycles. The molecule has 1 heterocycles. The number of nitrogens with zero attached hydrogens (tertiary/aromatic N) is 1. The monoisotopic (exact) mass is 244 g/mol. The van der Waals surface area contributed by atoms with Gasteiger partial charge in [0.25, 0.3) is 0 Å². The van der Waals surface area contributed by atoms with Gasteiger partial charge in [-0.3, -0.25) is 4.57 Å². The number of rotatable bonds is 1. The molecule has 0 aliphatic rings. The Kier molecular flexibility index (Phi) is 2.59. The van der Waals surface area contributed by atoms with E-state index in [9.17, 15) is 13.2 Å². The second kappa shape index (κ2) is 3.79. The minimum Gasteiger partial charge on any atom is -0.337 e. The summed E-state index contributed by atoms with van der Waals surface area (Å²) >= 11 is 4.94. The number of hydrogen-bond acceptors (Lipinski definition) is 1. The lowest BCUT2D eigenvalue weighted by molar-refractivity contribution is 0.446. The molecule has 0 spiro atoms. The van der Waals surface area contributed by atoms with Crippen molar-refractivity contribution >= 4 is 12.2 Å². The van der Waals surface area contributed by atoms with Crippen LogP contribution in [-0.2, 0) is 0 Å². The van der Waals surface area contributed by atoms with Crippen LogP contribution >= 0.6 is 12.2 Å². The Morgan fingerprint density at radius 1 is 1.19 bits per heavy atom. The summed E-state index contributed by atoms with van der Waals surface area (Å²) in [6.45, 7) is 1.71. The zero-order chi connectivity index (χ0) is 11.9. The summed E-state index contributed by atoms with van der Waals surface area (Å²) < 4.78 is 40.5. The van der Waals surface area contributed by atoms with Crippen LogP contribution < -0.4 is 0 Å². The molecule has 0 saturated carbocycles. The first kappa shape index (κ1) is 10.9. The van der Waals surface area contributed by atoms with Crippen LogP contribution in [0.5, 0.6) is 0 Å². The molecule has 0 amide bonds. The van der Waals surface area contributed by atoms with Crippen LogP contribution in [0.4, 0.5) is 13.2 Å². The van der Waals surface area contributed by atoms with Crippen molar-refractivity contribution in [2.24, 2.45) is 0 Å². The average Bonchev–Trinajstić information content (AvgIpc) is 2.54. The number of imidazole rings is 1. The lowest BCUT2D eigenvalue weighted by atomic mass is 10.2. The number of aryl methyl sites for hydroxylation is 1. The third-order valence-corrected chi connectivity index (χ3v) is 2.49. The second-order valence-electron chi connectivity index (χ2n) is 3.29. The van der Waals surface area contributed by atoms with Crippen LogP contribution in [0, 0.1) is 29.1 Å². The van der Waals surface area contributed by atoms with E-state index < -0.39 is 17.5 Å². The molecule has 2 aromatic rings. The second-order valence-corrected chi connectivity index (χ2v) is 3.68.